The Kier molecular flexibility index (Phi) is 18.6. The summed E-state index contributed by atoms with van der Waals surface area (Å²) in [6, 6.07) is 7.04. The quantitative estimate of drug-likeness (QED) is 0.432. The second-order valence-electron chi connectivity index (χ2n) is 5.18. The summed E-state index contributed by atoms with van der Waals surface area (Å²) in [5, 5.41) is 8.87. The van der Waals surface area contributed by atoms with Crippen LogP contribution in [0.2, 0.25) is 0 Å². The van der Waals surface area contributed by atoms with Crippen LogP contribution in [-0.2, 0) is 14.2 Å². The SMILES string of the molecule is C1CCC(OC2CCCCO2)OC1.Oc1ccccc1Br.[Br-].[Br-].[Mg+2]. The first-order valence-electron chi connectivity index (χ1n) is 7.58. The van der Waals surface area contributed by atoms with Crippen LogP contribution in [-0.4, -0.2) is 54.0 Å². The van der Waals surface area contributed by atoms with Gasteiger partial charge in [-0.05, 0) is 66.6 Å². The molecule has 0 amide bonds. The molecule has 0 saturated carbocycles. The Hall–Kier alpha value is 1.11. The molecular formula is C16H23Br3MgO4. The molecule has 1 aromatic carbocycles. The largest absolute Gasteiger partial charge is 2.00 e. The van der Waals surface area contributed by atoms with Gasteiger partial charge in [-0.25, -0.2) is 0 Å². The molecule has 2 aliphatic rings. The summed E-state index contributed by atoms with van der Waals surface area (Å²) in [5.41, 5.74) is 0. The molecule has 2 saturated heterocycles. The van der Waals surface area contributed by atoms with E-state index in [1.165, 1.54) is 25.7 Å². The van der Waals surface area contributed by atoms with Crippen LogP contribution in [0.25, 0.3) is 0 Å². The molecule has 4 nitrogen and oxygen atoms in total. The molecule has 0 bridgehead atoms. The minimum absolute atomic E-state index is 0. The van der Waals surface area contributed by atoms with Crippen molar-refractivity contribution in [2.24, 2.45) is 0 Å². The Morgan fingerprint density at radius 1 is 0.917 bits per heavy atom. The van der Waals surface area contributed by atoms with E-state index in [4.69, 9.17) is 19.3 Å². The topological polar surface area (TPSA) is 47.9 Å². The molecule has 8 heteroatoms. The van der Waals surface area contributed by atoms with Crippen molar-refractivity contribution in [3.63, 3.8) is 0 Å². The monoisotopic (exact) mass is 540 g/mol. The van der Waals surface area contributed by atoms with Gasteiger partial charge >= 0.3 is 23.1 Å². The summed E-state index contributed by atoms with van der Waals surface area (Å²) < 4.78 is 17.4. The number of halogens is 3. The van der Waals surface area contributed by atoms with E-state index in [0.29, 0.717) is 0 Å². The first-order valence-corrected chi connectivity index (χ1v) is 8.37. The molecule has 2 aliphatic heterocycles. The van der Waals surface area contributed by atoms with Crippen LogP contribution in [0.1, 0.15) is 38.5 Å². The van der Waals surface area contributed by atoms with Crippen molar-refractivity contribution in [3.8, 4) is 5.75 Å². The molecular weight excluding hydrogens is 520 g/mol. The van der Waals surface area contributed by atoms with Gasteiger partial charge in [-0.2, -0.15) is 0 Å². The van der Waals surface area contributed by atoms with E-state index in [1.54, 1.807) is 18.2 Å². The smallest absolute Gasteiger partial charge is 1.00 e. The van der Waals surface area contributed by atoms with E-state index in [2.05, 4.69) is 15.9 Å². The molecule has 2 atom stereocenters. The van der Waals surface area contributed by atoms with Gasteiger partial charge in [0.15, 0.2) is 12.6 Å². The van der Waals surface area contributed by atoms with Crippen LogP contribution in [0.5, 0.6) is 5.75 Å². The molecule has 0 spiro atoms. The fraction of sp³-hybridized carbons (Fsp3) is 0.625. The number of phenols is 1. The third kappa shape index (κ3) is 11.0. The van der Waals surface area contributed by atoms with Crippen molar-refractivity contribution in [3.05, 3.63) is 28.7 Å². The van der Waals surface area contributed by atoms with Crippen LogP contribution >= 0.6 is 15.9 Å². The first kappa shape index (κ1) is 27.3. The Balaban J connectivity index is 0. The summed E-state index contributed by atoms with van der Waals surface area (Å²) in [4.78, 5) is 0. The molecule has 2 unspecified atom stereocenters. The van der Waals surface area contributed by atoms with E-state index in [1.807, 2.05) is 6.07 Å². The minimum atomic E-state index is -0.00292. The number of aromatic hydroxyl groups is 1. The Morgan fingerprint density at radius 3 is 1.75 bits per heavy atom. The van der Waals surface area contributed by atoms with Gasteiger partial charge in [-0.1, -0.05) is 12.1 Å². The van der Waals surface area contributed by atoms with E-state index < -0.39 is 0 Å². The van der Waals surface area contributed by atoms with Crippen molar-refractivity contribution < 1.29 is 53.3 Å². The van der Waals surface area contributed by atoms with Crippen LogP contribution in [0.3, 0.4) is 0 Å². The molecule has 0 aromatic heterocycles. The van der Waals surface area contributed by atoms with Crippen LogP contribution in [0.4, 0.5) is 0 Å². The van der Waals surface area contributed by atoms with Gasteiger partial charge in [0.1, 0.15) is 5.75 Å². The zero-order chi connectivity index (χ0) is 14.9. The van der Waals surface area contributed by atoms with Gasteiger partial charge in [0.25, 0.3) is 0 Å². The van der Waals surface area contributed by atoms with Crippen LogP contribution in [0.15, 0.2) is 28.7 Å². The van der Waals surface area contributed by atoms with Gasteiger partial charge in [-0.3, -0.25) is 0 Å². The van der Waals surface area contributed by atoms with Gasteiger partial charge in [0, 0.05) is 13.2 Å². The number of hydrogen-bond acceptors (Lipinski definition) is 4. The minimum Gasteiger partial charge on any atom is -1.00 e. The van der Waals surface area contributed by atoms with Crippen molar-refractivity contribution >= 4 is 39.0 Å². The summed E-state index contributed by atoms with van der Waals surface area (Å²) in [6.07, 6.45) is 6.83. The number of ether oxygens (including phenoxy) is 3. The third-order valence-corrected chi connectivity index (χ3v) is 4.10. The number of phenolic OH excluding ortho intramolecular Hbond substituents is 1. The first-order chi connectivity index (χ1) is 10.3. The molecule has 0 aliphatic carbocycles. The number of para-hydroxylation sites is 1. The maximum atomic E-state index is 8.87. The molecule has 1 aromatic rings. The predicted octanol–water partition coefficient (Wildman–Crippen LogP) is -2.16. The van der Waals surface area contributed by atoms with E-state index in [0.717, 1.165) is 30.5 Å². The van der Waals surface area contributed by atoms with Crippen molar-refractivity contribution in [1.82, 2.24) is 0 Å². The fourth-order valence-corrected chi connectivity index (χ4v) is 2.54. The Bertz CT molecular complexity index is 377. The maximum Gasteiger partial charge on any atom is 2.00 e. The van der Waals surface area contributed by atoms with Crippen LogP contribution in [0, 0.1) is 0 Å². The van der Waals surface area contributed by atoms with Crippen molar-refractivity contribution in [2.75, 3.05) is 13.2 Å². The Labute approximate surface area is 189 Å². The van der Waals surface area contributed by atoms with E-state index in [9.17, 15) is 0 Å². The van der Waals surface area contributed by atoms with Crippen LogP contribution < -0.4 is 34.0 Å². The zero-order valence-corrected chi connectivity index (χ0v) is 19.8. The number of benzene rings is 1. The summed E-state index contributed by atoms with van der Waals surface area (Å²) in [5.74, 6) is 0.285. The van der Waals surface area contributed by atoms with E-state index >= 15 is 0 Å². The summed E-state index contributed by atoms with van der Waals surface area (Å²) in [6.45, 7) is 1.69. The summed E-state index contributed by atoms with van der Waals surface area (Å²) >= 11 is 3.15. The second-order valence-corrected chi connectivity index (χ2v) is 6.03. The van der Waals surface area contributed by atoms with Gasteiger partial charge < -0.3 is 53.3 Å². The maximum absolute atomic E-state index is 8.87. The summed E-state index contributed by atoms with van der Waals surface area (Å²) in [7, 11) is 0. The van der Waals surface area contributed by atoms with Gasteiger partial charge in [0.2, 0.25) is 0 Å². The predicted molar refractivity (Wildman–Crippen MR) is 89.8 cm³/mol. The van der Waals surface area contributed by atoms with Crippen molar-refractivity contribution in [2.45, 2.75) is 51.1 Å². The average Bonchev–Trinajstić information content (AvgIpc) is 2.53. The molecule has 3 rings (SSSR count). The van der Waals surface area contributed by atoms with E-state index in [-0.39, 0.29) is 75.3 Å². The van der Waals surface area contributed by atoms with Crippen molar-refractivity contribution in [1.29, 1.82) is 0 Å². The fourth-order valence-electron chi connectivity index (χ4n) is 2.26. The molecule has 134 valence electrons. The zero-order valence-electron chi connectivity index (χ0n) is 13.6. The number of rotatable bonds is 2. The molecule has 2 fully saturated rings. The molecule has 1 N–H and O–H groups in total. The second kappa shape index (κ2) is 16.3. The molecule has 0 radical (unpaired) electrons. The molecule has 24 heavy (non-hydrogen) atoms. The molecule has 2 heterocycles. The number of hydrogen-bond donors (Lipinski definition) is 1. The Morgan fingerprint density at radius 2 is 1.42 bits per heavy atom. The van der Waals surface area contributed by atoms with Gasteiger partial charge in [-0.15, -0.1) is 0 Å². The standard InChI is InChI=1S/C10H18O3.C6H5BrO.2BrH.Mg/c1-3-7-11-9(5-1)13-10-6-2-4-8-12-10;7-5-3-1-2-4-6(5)8;;;/h9-10H,1-8H2;1-4,8H;2*1H;/q;;;;+2/p-2. The normalized spacial score (nSPS) is 22.5. The average molecular weight is 543 g/mol. The third-order valence-electron chi connectivity index (χ3n) is 3.43. The van der Waals surface area contributed by atoms with Gasteiger partial charge in [0.05, 0.1) is 4.47 Å².